The summed E-state index contributed by atoms with van der Waals surface area (Å²) in [6.07, 6.45) is 0.999. The summed E-state index contributed by atoms with van der Waals surface area (Å²) in [5.41, 5.74) is 0.298. The lowest BCUT2D eigenvalue weighted by molar-refractivity contribution is -0.160. The normalized spacial score (nSPS) is 11.2. The molecule has 0 aromatic rings. The van der Waals surface area contributed by atoms with E-state index in [1.165, 1.54) is 0 Å². The van der Waals surface area contributed by atoms with Crippen LogP contribution < -0.4 is 0 Å². The van der Waals surface area contributed by atoms with E-state index in [-0.39, 0.29) is 19.1 Å². The van der Waals surface area contributed by atoms with Crippen molar-refractivity contribution in [3.63, 3.8) is 0 Å². The molecule has 0 radical (unpaired) electrons. The van der Waals surface area contributed by atoms with Crippen LogP contribution in [-0.2, 0) is 28.6 Å². The molecule has 6 heteroatoms. The summed E-state index contributed by atoms with van der Waals surface area (Å²) in [5.74, 6) is -2.05. The maximum atomic E-state index is 11.6. The highest BCUT2D eigenvalue weighted by Gasteiger charge is 2.19. The van der Waals surface area contributed by atoms with Crippen molar-refractivity contribution in [2.45, 2.75) is 20.0 Å². The summed E-state index contributed by atoms with van der Waals surface area (Å²) >= 11 is 0. The first-order valence-corrected chi connectivity index (χ1v) is 6.30. The number of hydrogen-bond acceptors (Lipinski definition) is 6. The number of carbonyl (C=O) groups is 3. The van der Waals surface area contributed by atoms with Gasteiger partial charge in [-0.2, -0.15) is 0 Å². The molecule has 0 amide bonds. The molecule has 21 heavy (non-hydrogen) atoms. The van der Waals surface area contributed by atoms with Gasteiger partial charge in [0.05, 0.1) is 0 Å². The van der Waals surface area contributed by atoms with Crippen molar-refractivity contribution in [2.75, 3.05) is 13.2 Å². The number of ether oxygens (including phenoxy) is 3. The average molecular weight is 296 g/mol. The molecule has 0 bridgehead atoms. The zero-order valence-electron chi connectivity index (χ0n) is 12.3. The van der Waals surface area contributed by atoms with Crippen molar-refractivity contribution >= 4 is 17.9 Å². The van der Waals surface area contributed by atoms with Crippen LogP contribution in [0.25, 0.3) is 0 Å². The molecule has 1 unspecified atom stereocenters. The molecule has 1 atom stereocenters. The fourth-order valence-corrected chi connectivity index (χ4v) is 1.06. The van der Waals surface area contributed by atoms with Crippen LogP contribution in [0.4, 0.5) is 0 Å². The largest absolute Gasteiger partial charge is 0.458 e. The van der Waals surface area contributed by atoms with Gasteiger partial charge in [-0.05, 0) is 5.92 Å². The summed E-state index contributed by atoms with van der Waals surface area (Å²) in [7, 11) is 0. The zero-order chi connectivity index (χ0) is 16.4. The molecule has 0 rings (SSSR count). The van der Waals surface area contributed by atoms with E-state index in [1.54, 1.807) is 13.8 Å². The Labute approximate surface area is 124 Å². The number of rotatable bonds is 9. The van der Waals surface area contributed by atoms with Crippen LogP contribution in [0.15, 0.2) is 37.5 Å². The third-order valence-electron chi connectivity index (χ3n) is 2.39. The fourth-order valence-electron chi connectivity index (χ4n) is 1.06. The van der Waals surface area contributed by atoms with E-state index in [2.05, 4.69) is 19.7 Å². The molecule has 0 heterocycles. The second-order valence-electron chi connectivity index (χ2n) is 4.38. The van der Waals surface area contributed by atoms with E-state index in [4.69, 9.17) is 14.2 Å². The summed E-state index contributed by atoms with van der Waals surface area (Å²) in [5, 5.41) is 0. The second kappa shape index (κ2) is 9.52. The highest BCUT2D eigenvalue weighted by molar-refractivity contribution is 5.88. The minimum atomic E-state index is -0.927. The third kappa shape index (κ3) is 7.71. The van der Waals surface area contributed by atoms with Gasteiger partial charge in [0.25, 0.3) is 0 Å². The molecule has 0 N–H and O–H groups in total. The van der Waals surface area contributed by atoms with Crippen LogP contribution in [-0.4, -0.2) is 37.2 Å². The van der Waals surface area contributed by atoms with Crippen molar-refractivity contribution in [3.05, 3.63) is 37.5 Å². The first-order valence-electron chi connectivity index (χ1n) is 6.30. The monoisotopic (exact) mass is 296 g/mol. The summed E-state index contributed by atoms with van der Waals surface area (Å²) in [6.45, 7) is 13.2. The Morgan fingerprint density at radius 2 is 1.52 bits per heavy atom. The van der Waals surface area contributed by atoms with E-state index < -0.39 is 24.0 Å². The molecule has 116 valence electrons. The van der Waals surface area contributed by atoms with Crippen molar-refractivity contribution in [2.24, 2.45) is 5.92 Å². The third-order valence-corrected chi connectivity index (χ3v) is 2.39. The molecule has 0 saturated heterocycles. The first-order chi connectivity index (χ1) is 9.81. The number of carbonyl (C=O) groups excluding carboxylic acids is 3. The van der Waals surface area contributed by atoms with E-state index in [9.17, 15) is 14.4 Å². The summed E-state index contributed by atoms with van der Waals surface area (Å²) in [4.78, 5) is 33.8. The van der Waals surface area contributed by atoms with Crippen molar-refractivity contribution in [3.8, 4) is 0 Å². The van der Waals surface area contributed by atoms with Crippen LogP contribution in [0.1, 0.15) is 13.8 Å². The van der Waals surface area contributed by atoms with E-state index in [1.807, 2.05) is 0 Å². The number of hydrogen-bond donors (Lipinski definition) is 0. The van der Waals surface area contributed by atoms with Gasteiger partial charge >= 0.3 is 17.9 Å². The zero-order valence-corrected chi connectivity index (χ0v) is 12.3. The predicted molar refractivity (Wildman–Crippen MR) is 76.2 cm³/mol. The van der Waals surface area contributed by atoms with Gasteiger partial charge in [-0.15, -0.1) is 0 Å². The molecule has 0 aromatic carbocycles. The molecular formula is C15H20O6. The van der Waals surface area contributed by atoms with E-state index in [0.717, 1.165) is 12.2 Å². The van der Waals surface area contributed by atoms with Gasteiger partial charge in [0.1, 0.15) is 13.2 Å². The lowest BCUT2D eigenvalue weighted by atomic mass is 10.1. The van der Waals surface area contributed by atoms with Crippen LogP contribution in [0.5, 0.6) is 0 Å². The molecule has 6 nitrogen and oxygen atoms in total. The molecular weight excluding hydrogens is 276 g/mol. The maximum Gasteiger partial charge on any atom is 0.333 e. The fraction of sp³-hybridized carbons (Fsp3) is 0.400. The molecule has 0 aromatic heterocycles. The summed E-state index contributed by atoms with van der Waals surface area (Å²) < 4.78 is 14.6. The highest BCUT2D eigenvalue weighted by atomic mass is 16.6. The SMILES string of the molecule is C=CC(=O)OCC(COC(=O)C(=C)C(C)C)OC(=O)C=C. The quantitative estimate of drug-likeness (QED) is 0.365. The molecule has 0 fully saturated rings. The summed E-state index contributed by atoms with van der Waals surface area (Å²) in [6, 6.07) is 0. The second-order valence-corrected chi connectivity index (χ2v) is 4.38. The van der Waals surface area contributed by atoms with Crippen molar-refractivity contribution in [1.29, 1.82) is 0 Å². The van der Waals surface area contributed by atoms with Gasteiger partial charge < -0.3 is 14.2 Å². The minimum absolute atomic E-state index is 0.0646. The van der Waals surface area contributed by atoms with E-state index >= 15 is 0 Å². The Hall–Kier alpha value is -2.37. The lowest BCUT2D eigenvalue weighted by Gasteiger charge is -2.17. The Bertz CT molecular complexity index is 435. The maximum absolute atomic E-state index is 11.6. The number of esters is 3. The van der Waals surface area contributed by atoms with Crippen LogP contribution in [0.3, 0.4) is 0 Å². The smallest absolute Gasteiger partial charge is 0.333 e. The standard InChI is InChI=1S/C15H20O6/c1-6-13(16)19-8-12(21-14(17)7-2)9-20-15(18)11(5)10(3)4/h6-7,10,12H,1-2,5,8-9H2,3-4H3. The molecule has 0 aliphatic rings. The van der Waals surface area contributed by atoms with Gasteiger partial charge in [-0.3, -0.25) is 0 Å². The van der Waals surface area contributed by atoms with Crippen LogP contribution in [0, 0.1) is 5.92 Å². The highest BCUT2D eigenvalue weighted by Crippen LogP contribution is 2.09. The molecule has 0 spiro atoms. The molecule has 0 aliphatic carbocycles. The Morgan fingerprint density at radius 1 is 1.00 bits per heavy atom. The van der Waals surface area contributed by atoms with Crippen LogP contribution in [0.2, 0.25) is 0 Å². The van der Waals surface area contributed by atoms with Crippen LogP contribution >= 0.6 is 0 Å². The molecule has 0 saturated carbocycles. The van der Waals surface area contributed by atoms with E-state index in [0.29, 0.717) is 5.57 Å². The van der Waals surface area contributed by atoms with Gasteiger partial charge in [0.2, 0.25) is 0 Å². The Kier molecular flexibility index (Phi) is 8.45. The van der Waals surface area contributed by atoms with Gasteiger partial charge in [-0.25, -0.2) is 14.4 Å². The Morgan fingerprint density at radius 3 is 2.00 bits per heavy atom. The topological polar surface area (TPSA) is 78.9 Å². The lowest BCUT2D eigenvalue weighted by Crippen LogP contribution is -2.30. The van der Waals surface area contributed by atoms with Crippen molar-refractivity contribution in [1.82, 2.24) is 0 Å². The average Bonchev–Trinajstić information content (AvgIpc) is 2.47. The van der Waals surface area contributed by atoms with Gasteiger partial charge in [0.15, 0.2) is 6.10 Å². The van der Waals surface area contributed by atoms with Gasteiger partial charge in [0, 0.05) is 17.7 Å². The van der Waals surface area contributed by atoms with Crippen molar-refractivity contribution < 1.29 is 28.6 Å². The predicted octanol–water partition coefficient (Wildman–Crippen LogP) is 1.57. The first kappa shape index (κ1) is 18.6. The molecule has 0 aliphatic heterocycles. The van der Waals surface area contributed by atoms with Gasteiger partial charge in [-0.1, -0.05) is 33.6 Å². The Balaban J connectivity index is 4.52. The minimum Gasteiger partial charge on any atom is -0.458 e.